The van der Waals surface area contributed by atoms with Gasteiger partial charge in [-0.15, -0.1) is 0 Å². The lowest BCUT2D eigenvalue weighted by Crippen LogP contribution is -2.52. The maximum absolute atomic E-state index is 12.4. The fraction of sp³-hybridized carbons (Fsp3) is 0.471. The van der Waals surface area contributed by atoms with E-state index in [0.29, 0.717) is 18.7 Å². The van der Waals surface area contributed by atoms with E-state index >= 15 is 0 Å². The molecule has 0 bridgehead atoms. The highest BCUT2D eigenvalue weighted by Crippen LogP contribution is 2.39. The molecular formula is C17H20N4O3. The smallest absolute Gasteiger partial charge is 0.257 e. The summed E-state index contributed by atoms with van der Waals surface area (Å²) in [5, 5.41) is 7.36. The van der Waals surface area contributed by atoms with Crippen molar-refractivity contribution in [2.75, 3.05) is 13.1 Å². The van der Waals surface area contributed by atoms with Gasteiger partial charge in [-0.3, -0.25) is 14.3 Å². The molecule has 126 valence electrons. The number of hydrogen-bond acceptors (Lipinski definition) is 4. The number of aromatic nitrogens is 2. The minimum atomic E-state index is -0.204. The van der Waals surface area contributed by atoms with Crippen LogP contribution >= 0.6 is 0 Å². The molecule has 1 atom stereocenters. The van der Waals surface area contributed by atoms with Crippen molar-refractivity contribution in [2.24, 2.45) is 7.05 Å². The van der Waals surface area contributed by atoms with Gasteiger partial charge in [0.15, 0.2) is 0 Å². The van der Waals surface area contributed by atoms with Crippen molar-refractivity contribution >= 4 is 11.8 Å². The Hall–Kier alpha value is -2.57. The Morgan fingerprint density at radius 2 is 2.21 bits per heavy atom. The third-order valence-electron chi connectivity index (χ3n) is 5.20. The average Bonchev–Trinajstić information content (AvgIpc) is 3.29. The van der Waals surface area contributed by atoms with Crippen molar-refractivity contribution in [2.45, 2.75) is 30.7 Å². The number of nitrogens with one attached hydrogen (secondary N) is 1. The summed E-state index contributed by atoms with van der Waals surface area (Å²) in [7, 11) is 1.85. The Kier molecular flexibility index (Phi) is 3.44. The molecule has 2 amide bonds. The quantitative estimate of drug-likeness (QED) is 0.901. The Morgan fingerprint density at radius 1 is 1.42 bits per heavy atom. The van der Waals surface area contributed by atoms with Crippen molar-refractivity contribution in [1.29, 1.82) is 0 Å². The maximum Gasteiger partial charge on any atom is 0.257 e. The summed E-state index contributed by atoms with van der Waals surface area (Å²) in [4.78, 5) is 26.6. The molecule has 0 aliphatic carbocycles. The molecule has 7 heteroatoms. The molecular weight excluding hydrogens is 308 g/mol. The van der Waals surface area contributed by atoms with Crippen molar-refractivity contribution in [1.82, 2.24) is 20.0 Å². The Balaban J connectivity index is 1.44. The highest BCUT2D eigenvalue weighted by molar-refractivity contribution is 5.94. The number of carbonyl (C=O) groups is 2. The molecule has 2 aliphatic heterocycles. The van der Waals surface area contributed by atoms with E-state index in [0.717, 1.165) is 24.8 Å². The number of nitrogens with zero attached hydrogens (tertiary/aromatic N) is 3. The second-order valence-corrected chi connectivity index (χ2v) is 6.78. The summed E-state index contributed by atoms with van der Waals surface area (Å²) < 4.78 is 6.71. The number of furan rings is 1. The molecule has 1 unspecified atom stereocenters. The minimum absolute atomic E-state index is 0.00765. The van der Waals surface area contributed by atoms with Gasteiger partial charge in [0.1, 0.15) is 6.26 Å². The van der Waals surface area contributed by atoms with E-state index in [1.165, 1.54) is 12.5 Å². The second kappa shape index (κ2) is 5.51. The minimum Gasteiger partial charge on any atom is -0.472 e. The van der Waals surface area contributed by atoms with Gasteiger partial charge in [-0.2, -0.15) is 5.10 Å². The van der Waals surface area contributed by atoms with E-state index in [-0.39, 0.29) is 23.3 Å². The van der Waals surface area contributed by atoms with Gasteiger partial charge in [-0.05, 0) is 25.3 Å². The van der Waals surface area contributed by atoms with Crippen LogP contribution < -0.4 is 5.32 Å². The molecule has 2 saturated heterocycles. The van der Waals surface area contributed by atoms with Crippen LogP contribution in [0.2, 0.25) is 0 Å². The molecule has 0 saturated carbocycles. The molecule has 2 aromatic heterocycles. The van der Waals surface area contributed by atoms with Gasteiger partial charge in [0.05, 0.1) is 23.9 Å². The lowest BCUT2D eigenvalue weighted by Gasteiger charge is -2.39. The molecule has 2 fully saturated rings. The van der Waals surface area contributed by atoms with Gasteiger partial charge >= 0.3 is 0 Å². The van der Waals surface area contributed by atoms with Gasteiger partial charge in [-0.25, -0.2) is 0 Å². The molecule has 7 nitrogen and oxygen atoms in total. The first-order chi connectivity index (χ1) is 11.6. The molecule has 0 aromatic carbocycles. The van der Waals surface area contributed by atoms with Crippen molar-refractivity contribution in [3.63, 3.8) is 0 Å². The third kappa shape index (κ3) is 2.50. The molecule has 4 heterocycles. The zero-order chi connectivity index (χ0) is 16.7. The first-order valence-electron chi connectivity index (χ1n) is 8.18. The molecule has 2 aromatic rings. The zero-order valence-corrected chi connectivity index (χ0v) is 13.6. The molecule has 2 aliphatic rings. The molecule has 4 rings (SSSR count). The van der Waals surface area contributed by atoms with Gasteiger partial charge in [0, 0.05) is 37.4 Å². The largest absolute Gasteiger partial charge is 0.472 e. The predicted molar refractivity (Wildman–Crippen MR) is 85.3 cm³/mol. The highest BCUT2D eigenvalue weighted by Gasteiger charge is 2.47. The standard InChI is InChI=1S/C17H20N4O3/c1-20-10-13(9-18-20)14-8-17(19-15(14)22)3-5-21(6-4-17)16(23)12-2-7-24-11-12/h2,7,9-11,14H,3-6,8H2,1H3,(H,19,22). The zero-order valence-electron chi connectivity index (χ0n) is 13.6. The summed E-state index contributed by atoms with van der Waals surface area (Å²) in [6, 6.07) is 1.68. The van der Waals surface area contributed by atoms with Crippen LogP contribution in [0.4, 0.5) is 0 Å². The predicted octanol–water partition coefficient (Wildman–Crippen LogP) is 1.29. The fourth-order valence-corrected chi connectivity index (χ4v) is 3.81. The number of amides is 2. The summed E-state index contributed by atoms with van der Waals surface area (Å²) in [6.45, 7) is 1.29. The van der Waals surface area contributed by atoms with E-state index in [2.05, 4.69) is 10.4 Å². The van der Waals surface area contributed by atoms with Gasteiger partial charge in [0.2, 0.25) is 5.91 Å². The Morgan fingerprint density at radius 3 is 2.83 bits per heavy atom. The maximum atomic E-state index is 12.4. The fourth-order valence-electron chi connectivity index (χ4n) is 3.81. The molecule has 0 radical (unpaired) electrons. The summed E-state index contributed by atoms with van der Waals surface area (Å²) >= 11 is 0. The SMILES string of the molecule is Cn1cc(C2CC3(CCN(C(=O)c4ccoc4)CC3)NC2=O)cn1. The van der Waals surface area contributed by atoms with Crippen LogP contribution in [0.25, 0.3) is 0 Å². The monoisotopic (exact) mass is 328 g/mol. The number of likely N-dealkylation sites (tertiary alicyclic amines) is 1. The van der Waals surface area contributed by atoms with Crippen LogP contribution in [0.3, 0.4) is 0 Å². The lowest BCUT2D eigenvalue weighted by atomic mass is 9.82. The van der Waals surface area contributed by atoms with E-state index in [1.807, 2.05) is 18.1 Å². The van der Waals surface area contributed by atoms with E-state index in [1.54, 1.807) is 16.9 Å². The Bertz CT molecular complexity index is 757. The van der Waals surface area contributed by atoms with Crippen molar-refractivity contribution < 1.29 is 14.0 Å². The highest BCUT2D eigenvalue weighted by atomic mass is 16.3. The van der Waals surface area contributed by atoms with Gasteiger partial charge in [-0.1, -0.05) is 0 Å². The van der Waals surface area contributed by atoms with Gasteiger partial charge in [0.25, 0.3) is 5.91 Å². The van der Waals surface area contributed by atoms with Crippen LogP contribution in [0, 0.1) is 0 Å². The van der Waals surface area contributed by atoms with Crippen LogP contribution in [0.1, 0.15) is 41.1 Å². The van der Waals surface area contributed by atoms with Gasteiger partial charge < -0.3 is 14.6 Å². The topological polar surface area (TPSA) is 80.4 Å². The van der Waals surface area contributed by atoms with E-state index in [4.69, 9.17) is 4.42 Å². The van der Waals surface area contributed by atoms with Crippen LogP contribution in [-0.4, -0.2) is 45.1 Å². The van der Waals surface area contributed by atoms with Crippen molar-refractivity contribution in [3.05, 3.63) is 42.1 Å². The van der Waals surface area contributed by atoms with E-state index in [9.17, 15) is 9.59 Å². The number of carbonyl (C=O) groups excluding carboxylic acids is 2. The number of hydrogen-bond donors (Lipinski definition) is 1. The first kappa shape index (κ1) is 15.0. The lowest BCUT2D eigenvalue weighted by molar-refractivity contribution is -0.121. The molecule has 24 heavy (non-hydrogen) atoms. The molecule has 1 spiro atoms. The number of piperidine rings is 1. The van der Waals surface area contributed by atoms with Crippen LogP contribution in [0.15, 0.2) is 35.4 Å². The summed E-state index contributed by atoms with van der Waals surface area (Å²) in [5.41, 5.74) is 1.34. The summed E-state index contributed by atoms with van der Waals surface area (Å²) in [6.07, 6.45) is 8.97. The summed E-state index contributed by atoms with van der Waals surface area (Å²) in [5.74, 6) is -0.0841. The normalized spacial score (nSPS) is 22.8. The average molecular weight is 328 g/mol. The molecule has 1 N–H and O–H groups in total. The third-order valence-corrected chi connectivity index (χ3v) is 5.20. The number of rotatable bonds is 2. The Labute approximate surface area is 139 Å². The first-order valence-corrected chi connectivity index (χ1v) is 8.18. The second-order valence-electron chi connectivity index (χ2n) is 6.78. The van der Waals surface area contributed by atoms with Crippen LogP contribution in [0.5, 0.6) is 0 Å². The number of aryl methyl sites for hydroxylation is 1. The van der Waals surface area contributed by atoms with E-state index < -0.39 is 0 Å². The van der Waals surface area contributed by atoms with Crippen LogP contribution in [-0.2, 0) is 11.8 Å². The van der Waals surface area contributed by atoms with Crippen molar-refractivity contribution in [3.8, 4) is 0 Å².